The van der Waals surface area contributed by atoms with E-state index in [2.05, 4.69) is 73.8 Å². The number of hydrogen-bond acceptors (Lipinski definition) is 3. The number of aromatic nitrogens is 1. The van der Waals surface area contributed by atoms with Crippen LogP contribution in [0.25, 0.3) is 22.6 Å². The van der Waals surface area contributed by atoms with E-state index in [9.17, 15) is 9.59 Å². The lowest BCUT2D eigenvalue weighted by Crippen LogP contribution is -2.17. The van der Waals surface area contributed by atoms with Crippen molar-refractivity contribution in [3.63, 3.8) is 0 Å². The zero-order chi connectivity index (χ0) is 30.2. The van der Waals surface area contributed by atoms with Crippen LogP contribution in [0.2, 0.25) is 0 Å². The van der Waals surface area contributed by atoms with Crippen LogP contribution in [-0.4, -0.2) is 27.7 Å². The Hall–Kier alpha value is -3.96. The van der Waals surface area contributed by atoms with Gasteiger partial charge in [0.15, 0.2) is 0 Å². The lowest BCUT2D eigenvalue weighted by atomic mass is 9.89. The molecule has 1 aliphatic rings. The molecule has 1 aliphatic carbocycles. The van der Waals surface area contributed by atoms with Crippen LogP contribution in [0.3, 0.4) is 0 Å². The number of fused-ring (bicyclic) bond motifs is 1. The van der Waals surface area contributed by atoms with Crippen LogP contribution in [0.4, 0.5) is 0 Å². The molecule has 42 heavy (non-hydrogen) atoms. The van der Waals surface area contributed by atoms with Gasteiger partial charge in [0.25, 0.3) is 0 Å². The zero-order valence-corrected chi connectivity index (χ0v) is 26.0. The predicted octanol–water partition coefficient (Wildman–Crippen LogP) is 9.21. The third-order valence-corrected chi connectivity index (χ3v) is 8.64. The van der Waals surface area contributed by atoms with Crippen LogP contribution in [0.1, 0.15) is 63.8 Å². The number of amides is 1. The van der Waals surface area contributed by atoms with Gasteiger partial charge >= 0.3 is 0 Å². The van der Waals surface area contributed by atoms with Gasteiger partial charge in [0, 0.05) is 52.7 Å². The number of aliphatic imine (C=N–C) groups is 1. The number of thioether (sulfide) groups is 1. The summed E-state index contributed by atoms with van der Waals surface area (Å²) >= 11 is 1.63. The van der Waals surface area contributed by atoms with Crippen molar-refractivity contribution in [3.8, 4) is 0 Å². The third-order valence-electron chi connectivity index (χ3n) is 7.63. The van der Waals surface area contributed by atoms with Gasteiger partial charge in [-0.1, -0.05) is 62.1 Å². The predicted molar refractivity (Wildman–Crippen MR) is 180 cm³/mol. The zero-order valence-electron chi connectivity index (χ0n) is 25.2. The van der Waals surface area contributed by atoms with E-state index in [0.717, 1.165) is 53.0 Å². The van der Waals surface area contributed by atoms with E-state index in [4.69, 9.17) is 0 Å². The number of rotatable bonds is 12. The highest BCUT2D eigenvalue weighted by atomic mass is 32.2. The van der Waals surface area contributed by atoms with Crippen LogP contribution in [-0.2, 0) is 22.6 Å². The number of benzene rings is 2. The molecule has 2 aromatic carbocycles. The van der Waals surface area contributed by atoms with Crippen LogP contribution < -0.4 is 0 Å². The topological polar surface area (TPSA) is 51.4 Å². The van der Waals surface area contributed by atoms with E-state index in [1.165, 1.54) is 29.0 Å². The van der Waals surface area contributed by atoms with Gasteiger partial charge in [0.05, 0.1) is 5.71 Å². The maximum Gasteiger partial charge on any atom is 0.242 e. The fourth-order valence-electron chi connectivity index (χ4n) is 5.46. The quantitative estimate of drug-likeness (QED) is 0.0935. The Balaban J connectivity index is 1.60. The van der Waals surface area contributed by atoms with Gasteiger partial charge in [-0.3, -0.25) is 9.59 Å². The summed E-state index contributed by atoms with van der Waals surface area (Å²) in [5.41, 5.74) is 8.78. The van der Waals surface area contributed by atoms with Gasteiger partial charge in [0.1, 0.15) is 0 Å². The molecule has 4 rings (SSSR count). The number of hydrogen-bond donors (Lipinski definition) is 0. The molecule has 0 spiro atoms. The van der Waals surface area contributed by atoms with Crippen molar-refractivity contribution >= 4 is 51.7 Å². The molecule has 0 unspecified atom stereocenters. The Morgan fingerprint density at radius 2 is 1.86 bits per heavy atom. The summed E-state index contributed by atoms with van der Waals surface area (Å²) in [6, 6.07) is 16.6. The fourth-order valence-corrected chi connectivity index (χ4v) is 6.34. The van der Waals surface area contributed by atoms with Gasteiger partial charge < -0.3 is 4.57 Å². The van der Waals surface area contributed by atoms with Gasteiger partial charge in [0.2, 0.25) is 11.7 Å². The van der Waals surface area contributed by atoms with E-state index in [1.807, 2.05) is 36.4 Å². The molecule has 1 aromatic heterocycles. The molecule has 0 bridgehead atoms. The Morgan fingerprint density at radius 3 is 2.52 bits per heavy atom. The molecular formula is C37H40N2O2S. The standard InChI is InChI=1S/C37H40N2O2S/c1-7-31-33-24-29(27(5)32-17-13-12-14-25(32)3)19-21-36(33)39(8-2)35(31)20-18-26(4)37(41)34(38-28(6)40)22-23-42-30-15-10-9-11-16-30/h9-11,13,15-21,24H,4-5,7-8,12,14,22-23H2,1-3,6H3/b20-18-,38-34?. The summed E-state index contributed by atoms with van der Waals surface area (Å²) in [5, 5.41) is 1.20. The Labute approximate surface area is 254 Å². The van der Waals surface area contributed by atoms with Crippen LogP contribution in [0.5, 0.6) is 0 Å². The van der Waals surface area contributed by atoms with Crippen molar-refractivity contribution in [1.29, 1.82) is 0 Å². The van der Waals surface area contributed by atoms with Crippen LogP contribution in [0, 0.1) is 0 Å². The van der Waals surface area contributed by atoms with E-state index in [0.29, 0.717) is 17.7 Å². The maximum absolute atomic E-state index is 13.4. The van der Waals surface area contributed by atoms with Crippen molar-refractivity contribution in [2.24, 2.45) is 4.99 Å². The average molecular weight is 577 g/mol. The van der Waals surface area contributed by atoms with Crippen LogP contribution in [0.15, 0.2) is 107 Å². The molecule has 0 aliphatic heterocycles. The summed E-state index contributed by atoms with van der Waals surface area (Å²) in [6.07, 6.45) is 11.6. The fraction of sp³-hybridized carbons (Fsp3) is 0.270. The number of Topliss-reactive ketones (excluding diaryl/α,β-unsaturated/α-hetero) is 1. The Kier molecular flexibility index (Phi) is 10.5. The number of ketones is 1. The molecule has 3 aromatic rings. The first-order chi connectivity index (χ1) is 20.2. The number of nitrogens with zero attached hydrogens (tertiary/aromatic N) is 2. The van der Waals surface area contributed by atoms with E-state index >= 15 is 0 Å². The summed E-state index contributed by atoms with van der Waals surface area (Å²) in [4.78, 5) is 30.4. The van der Waals surface area contributed by atoms with Gasteiger partial charge in [-0.2, -0.15) is 0 Å². The highest BCUT2D eigenvalue weighted by molar-refractivity contribution is 7.99. The molecule has 0 radical (unpaired) electrons. The van der Waals surface area contributed by atoms with E-state index in [1.54, 1.807) is 17.8 Å². The molecule has 0 saturated heterocycles. The number of aryl methyl sites for hydroxylation is 2. The molecule has 5 heteroatoms. The smallest absolute Gasteiger partial charge is 0.242 e. The molecule has 216 valence electrons. The molecular weight excluding hydrogens is 536 g/mol. The Morgan fingerprint density at radius 1 is 1.10 bits per heavy atom. The minimum Gasteiger partial charge on any atom is -0.341 e. The minimum absolute atomic E-state index is 0.247. The van der Waals surface area contributed by atoms with Gasteiger partial charge in [-0.05, 0) is 91.8 Å². The van der Waals surface area contributed by atoms with E-state index in [-0.39, 0.29) is 17.4 Å². The van der Waals surface area contributed by atoms with Gasteiger partial charge in [-0.25, -0.2) is 4.99 Å². The second-order valence-corrected chi connectivity index (χ2v) is 11.7. The van der Waals surface area contributed by atoms with E-state index < -0.39 is 0 Å². The SMILES string of the molecule is C=C(/C=C\c1c(CC)c2cc(C(=C)C3=C(C)CCC=C3)ccc2n1CC)C(=O)C(CCSc1ccccc1)=NC(C)=O. The summed E-state index contributed by atoms with van der Waals surface area (Å²) in [7, 11) is 0. The van der Waals surface area contributed by atoms with Crippen molar-refractivity contribution in [2.45, 2.75) is 64.8 Å². The molecule has 1 heterocycles. The molecule has 1 amide bonds. The largest absolute Gasteiger partial charge is 0.341 e. The lowest BCUT2D eigenvalue weighted by molar-refractivity contribution is -0.116. The van der Waals surface area contributed by atoms with Crippen molar-refractivity contribution < 1.29 is 9.59 Å². The van der Waals surface area contributed by atoms with Gasteiger partial charge in [-0.15, -0.1) is 11.8 Å². The molecule has 4 nitrogen and oxygen atoms in total. The third kappa shape index (κ3) is 7.08. The first-order valence-electron chi connectivity index (χ1n) is 14.6. The molecule has 0 fully saturated rings. The minimum atomic E-state index is -0.383. The lowest BCUT2D eigenvalue weighted by Gasteiger charge is -2.15. The normalized spacial score (nSPS) is 13.8. The summed E-state index contributed by atoms with van der Waals surface area (Å²) in [6.45, 7) is 17.1. The van der Waals surface area contributed by atoms with Crippen molar-refractivity contribution in [1.82, 2.24) is 4.57 Å². The van der Waals surface area contributed by atoms with Crippen molar-refractivity contribution in [2.75, 3.05) is 5.75 Å². The van der Waals surface area contributed by atoms with Crippen LogP contribution >= 0.6 is 11.8 Å². The monoisotopic (exact) mass is 576 g/mol. The molecule has 0 atom stereocenters. The summed E-state index contributed by atoms with van der Waals surface area (Å²) in [5.74, 6) is -0.0377. The second kappa shape index (κ2) is 14.3. The first kappa shape index (κ1) is 31.0. The summed E-state index contributed by atoms with van der Waals surface area (Å²) < 4.78 is 2.28. The first-order valence-corrected chi connectivity index (χ1v) is 15.6. The van der Waals surface area contributed by atoms with Crippen molar-refractivity contribution in [3.05, 3.63) is 113 Å². The Bertz CT molecular complexity index is 1650. The molecule has 0 saturated carbocycles. The maximum atomic E-state index is 13.4. The number of carbonyl (C=O) groups excluding carboxylic acids is 2. The second-order valence-electron chi connectivity index (χ2n) is 10.5. The average Bonchev–Trinajstić information content (AvgIpc) is 3.30. The molecule has 0 N–H and O–H groups in total. The number of carbonyl (C=O) groups is 2. The highest BCUT2D eigenvalue weighted by Crippen LogP contribution is 2.35. The highest BCUT2D eigenvalue weighted by Gasteiger charge is 2.18. The number of allylic oxidation sites excluding steroid dienone is 7.